The van der Waals surface area contributed by atoms with E-state index in [1.807, 2.05) is 0 Å². The molecule has 12 heteroatoms. The quantitative estimate of drug-likeness (QED) is 0.559. The van der Waals surface area contributed by atoms with Gasteiger partial charge in [0.15, 0.2) is 0 Å². The lowest BCUT2D eigenvalue weighted by Crippen LogP contribution is -2.41. The van der Waals surface area contributed by atoms with Gasteiger partial charge in [-0.25, -0.2) is 13.9 Å². The summed E-state index contributed by atoms with van der Waals surface area (Å²) in [6.45, 7) is -2.47. The first kappa shape index (κ1) is 23.1. The van der Waals surface area contributed by atoms with Crippen LogP contribution in [-0.2, 0) is 4.74 Å². The second kappa shape index (κ2) is 9.83. The molecule has 0 bridgehead atoms. The molecule has 1 saturated heterocycles. The van der Waals surface area contributed by atoms with Gasteiger partial charge in [0, 0.05) is 18.8 Å². The number of anilines is 1. The number of hydrogen-bond donors (Lipinski definition) is 2. The van der Waals surface area contributed by atoms with Crippen molar-refractivity contribution in [2.75, 3.05) is 25.0 Å². The number of nitrogens with one attached hydrogen (secondary N) is 1. The van der Waals surface area contributed by atoms with Crippen molar-refractivity contribution in [1.82, 2.24) is 14.7 Å². The molecule has 0 spiro atoms. The molecule has 2 aromatic carbocycles. The molecule has 1 aliphatic heterocycles. The SMILES string of the molecule is O=C(Nc1ccc(C2CN(C(=O)O)CCO2)cc1F)c1cnn(-c2cccc(OC(F)F)c2)c1. The predicted octanol–water partition coefficient (Wildman–Crippen LogP) is 3.92. The molecule has 4 rings (SSSR count). The van der Waals surface area contributed by atoms with Crippen LogP contribution in [0.15, 0.2) is 54.9 Å². The Morgan fingerprint density at radius 3 is 2.79 bits per heavy atom. The highest BCUT2D eigenvalue weighted by Crippen LogP contribution is 2.26. The van der Waals surface area contributed by atoms with E-state index in [1.54, 1.807) is 12.1 Å². The first-order valence-electron chi connectivity index (χ1n) is 10.1. The lowest BCUT2D eigenvalue weighted by Gasteiger charge is -2.31. The molecule has 0 saturated carbocycles. The van der Waals surface area contributed by atoms with Crippen LogP contribution in [0.1, 0.15) is 22.0 Å². The van der Waals surface area contributed by atoms with Gasteiger partial charge in [-0.1, -0.05) is 12.1 Å². The van der Waals surface area contributed by atoms with Crippen molar-refractivity contribution < 1.29 is 37.3 Å². The van der Waals surface area contributed by atoms with E-state index in [0.29, 0.717) is 11.3 Å². The maximum atomic E-state index is 14.7. The highest BCUT2D eigenvalue weighted by atomic mass is 19.3. The highest BCUT2D eigenvalue weighted by molar-refractivity contribution is 6.04. The maximum absolute atomic E-state index is 14.7. The minimum atomic E-state index is -2.98. The zero-order valence-electron chi connectivity index (χ0n) is 17.5. The lowest BCUT2D eigenvalue weighted by molar-refractivity contribution is -0.0498. The van der Waals surface area contributed by atoms with Crippen LogP contribution in [0.2, 0.25) is 0 Å². The minimum Gasteiger partial charge on any atom is -0.465 e. The molecule has 0 radical (unpaired) electrons. The molecular formula is C22H19F3N4O5. The average Bonchev–Trinajstić information content (AvgIpc) is 3.31. The number of carboxylic acid groups (broad SMARTS) is 1. The maximum Gasteiger partial charge on any atom is 0.407 e. The molecule has 0 aliphatic carbocycles. The van der Waals surface area contributed by atoms with E-state index in [1.165, 1.54) is 52.3 Å². The van der Waals surface area contributed by atoms with E-state index in [9.17, 15) is 22.8 Å². The van der Waals surface area contributed by atoms with Gasteiger partial charge in [0.2, 0.25) is 0 Å². The third kappa shape index (κ3) is 5.29. The molecule has 1 aromatic heterocycles. The number of nitrogens with zero attached hydrogens (tertiary/aromatic N) is 3. The topological polar surface area (TPSA) is 106 Å². The summed E-state index contributed by atoms with van der Waals surface area (Å²) in [6.07, 6.45) is 0.913. The van der Waals surface area contributed by atoms with Crippen LogP contribution in [-0.4, -0.2) is 58.1 Å². The van der Waals surface area contributed by atoms with Gasteiger partial charge in [-0.05, 0) is 29.8 Å². The number of halogens is 3. The summed E-state index contributed by atoms with van der Waals surface area (Å²) in [5.41, 5.74) is 0.854. The molecule has 1 fully saturated rings. The van der Waals surface area contributed by atoms with Crippen LogP contribution in [0.3, 0.4) is 0 Å². The standard InChI is InChI=1S/C22H19F3N4O5/c23-17-8-13(19-12-28(22(31)32)6-7-33-19)4-5-18(17)27-20(30)14-10-26-29(11-14)15-2-1-3-16(9-15)34-21(24)25/h1-5,8-11,19,21H,6-7,12H2,(H,27,30)(H,31,32). The number of carbonyl (C=O) groups is 2. The van der Waals surface area contributed by atoms with Crippen molar-refractivity contribution in [3.8, 4) is 11.4 Å². The normalized spacial score (nSPS) is 15.9. The molecule has 2 N–H and O–H groups in total. The zero-order valence-corrected chi connectivity index (χ0v) is 17.5. The number of ether oxygens (including phenoxy) is 2. The predicted molar refractivity (Wildman–Crippen MR) is 113 cm³/mol. The number of rotatable bonds is 6. The van der Waals surface area contributed by atoms with Crippen molar-refractivity contribution in [2.45, 2.75) is 12.7 Å². The average molecular weight is 476 g/mol. The van der Waals surface area contributed by atoms with E-state index >= 15 is 0 Å². The van der Waals surface area contributed by atoms with E-state index in [2.05, 4.69) is 15.2 Å². The number of hydrogen-bond acceptors (Lipinski definition) is 5. The molecule has 2 amide bonds. The van der Waals surface area contributed by atoms with E-state index < -0.39 is 30.5 Å². The molecule has 1 unspecified atom stereocenters. The summed E-state index contributed by atoms with van der Waals surface area (Å²) in [6, 6.07) is 9.87. The zero-order chi connectivity index (χ0) is 24.2. The Morgan fingerprint density at radius 2 is 2.06 bits per heavy atom. The summed E-state index contributed by atoms with van der Waals surface area (Å²) in [5.74, 6) is -1.42. The molecular weight excluding hydrogens is 457 g/mol. The van der Waals surface area contributed by atoms with Gasteiger partial charge >= 0.3 is 12.7 Å². The molecule has 34 heavy (non-hydrogen) atoms. The highest BCUT2D eigenvalue weighted by Gasteiger charge is 2.26. The van der Waals surface area contributed by atoms with Gasteiger partial charge < -0.3 is 24.8 Å². The summed E-state index contributed by atoms with van der Waals surface area (Å²) >= 11 is 0. The molecule has 1 aliphatic rings. The Bertz CT molecular complexity index is 1200. The van der Waals surface area contributed by atoms with E-state index in [0.717, 1.165) is 0 Å². The van der Waals surface area contributed by atoms with Gasteiger partial charge in [-0.15, -0.1) is 0 Å². The smallest absolute Gasteiger partial charge is 0.407 e. The van der Waals surface area contributed by atoms with E-state index in [4.69, 9.17) is 9.84 Å². The Labute approximate surface area is 191 Å². The summed E-state index contributed by atoms with van der Waals surface area (Å²) < 4.78 is 50.7. The molecule has 9 nitrogen and oxygen atoms in total. The molecule has 3 aromatic rings. The van der Waals surface area contributed by atoms with Crippen molar-refractivity contribution in [3.05, 3.63) is 71.8 Å². The molecule has 178 valence electrons. The van der Waals surface area contributed by atoms with Crippen LogP contribution in [0.5, 0.6) is 5.75 Å². The van der Waals surface area contributed by atoms with Crippen LogP contribution < -0.4 is 10.1 Å². The van der Waals surface area contributed by atoms with Crippen LogP contribution in [0, 0.1) is 5.82 Å². The fraction of sp³-hybridized carbons (Fsp3) is 0.227. The third-order valence-electron chi connectivity index (χ3n) is 5.10. The number of amides is 2. The van der Waals surface area contributed by atoms with E-state index in [-0.39, 0.29) is 36.7 Å². The summed E-state index contributed by atoms with van der Waals surface area (Å²) in [4.78, 5) is 24.9. The van der Waals surface area contributed by atoms with Gasteiger partial charge in [0.1, 0.15) is 17.7 Å². The Hall–Kier alpha value is -4.06. The fourth-order valence-corrected chi connectivity index (χ4v) is 3.44. The number of aromatic nitrogens is 2. The van der Waals surface area contributed by atoms with Crippen molar-refractivity contribution in [2.24, 2.45) is 0 Å². The van der Waals surface area contributed by atoms with Crippen LogP contribution >= 0.6 is 0 Å². The summed E-state index contributed by atoms with van der Waals surface area (Å²) in [5, 5.41) is 15.6. The summed E-state index contributed by atoms with van der Waals surface area (Å²) in [7, 11) is 0. The van der Waals surface area contributed by atoms with Crippen molar-refractivity contribution in [3.63, 3.8) is 0 Å². The second-order valence-corrected chi connectivity index (χ2v) is 7.33. The molecule has 1 atom stereocenters. The monoisotopic (exact) mass is 476 g/mol. The minimum absolute atomic E-state index is 0.0652. The van der Waals surface area contributed by atoms with Crippen molar-refractivity contribution >= 4 is 17.7 Å². The van der Waals surface area contributed by atoms with Gasteiger partial charge in [0.25, 0.3) is 5.91 Å². The number of morpholine rings is 1. The second-order valence-electron chi connectivity index (χ2n) is 7.33. The number of carbonyl (C=O) groups excluding carboxylic acids is 1. The first-order chi connectivity index (χ1) is 16.3. The van der Waals surface area contributed by atoms with Gasteiger partial charge in [-0.2, -0.15) is 13.9 Å². The largest absolute Gasteiger partial charge is 0.465 e. The Kier molecular flexibility index (Phi) is 6.68. The number of benzene rings is 2. The Morgan fingerprint density at radius 1 is 1.24 bits per heavy atom. The van der Waals surface area contributed by atoms with Gasteiger partial charge in [0.05, 0.1) is 36.3 Å². The Balaban J connectivity index is 1.44. The molecule has 2 heterocycles. The first-order valence-corrected chi connectivity index (χ1v) is 10.1. The van der Waals surface area contributed by atoms with Crippen LogP contribution in [0.4, 0.5) is 23.7 Å². The van der Waals surface area contributed by atoms with Crippen LogP contribution in [0.25, 0.3) is 5.69 Å². The number of alkyl halides is 2. The van der Waals surface area contributed by atoms with Gasteiger partial charge in [-0.3, -0.25) is 4.79 Å². The fourth-order valence-electron chi connectivity index (χ4n) is 3.44. The lowest BCUT2D eigenvalue weighted by atomic mass is 10.1. The van der Waals surface area contributed by atoms with Crippen molar-refractivity contribution in [1.29, 1.82) is 0 Å². The third-order valence-corrected chi connectivity index (χ3v) is 5.10.